The first kappa shape index (κ1) is 11.6. The average Bonchev–Trinajstić information content (AvgIpc) is 2.98. The van der Waals surface area contributed by atoms with Gasteiger partial charge >= 0.3 is 0 Å². The van der Waals surface area contributed by atoms with Gasteiger partial charge in [0.05, 0.1) is 0 Å². The average molecular weight is 248 g/mol. The van der Waals surface area contributed by atoms with Crippen LogP contribution in [0.5, 0.6) is 0 Å². The molecule has 1 aromatic rings. The van der Waals surface area contributed by atoms with E-state index in [-0.39, 0.29) is 5.91 Å². The molecule has 0 aromatic carbocycles. The molecule has 2 aliphatic rings. The van der Waals surface area contributed by atoms with E-state index in [4.69, 9.17) is 0 Å². The summed E-state index contributed by atoms with van der Waals surface area (Å²) in [6.45, 7) is 0.726. The molecule has 2 fully saturated rings. The number of halogens is 1. The minimum absolute atomic E-state index is 0.195. The van der Waals surface area contributed by atoms with Crippen molar-refractivity contribution in [3.63, 3.8) is 0 Å². The molecular weight excluding hydrogens is 231 g/mol. The molecule has 1 aromatic heterocycles. The van der Waals surface area contributed by atoms with Gasteiger partial charge in [-0.1, -0.05) is 6.42 Å². The van der Waals surface area contributed by atoms with Crippen molar-refractivity contribution in [3.8, 4) is 0 Å². The van der Waals surface area contributed by atoms with Crippen LogP contribution in [0.3, 0.4) is 0 Å². The number of fused-ring (bicyclic) bond motifs is 2. The second kappa shape index (κ2) is 4.67. The molecule has 0 spiro atoms. The van der Waals surface area contributed by atoms with Gasteiger partial charge in [0.15, 0.2) is 0 Å². The van der Waals surface area contributed by atoms with Crippen LogP contribution in [-0.2, 0) is 0 Å². The highest BCUT2D eigenvalue weighted by Crippen LogP contribution is 2.47. The van der Waals surface area contributed by atoms with Gasteiger partial charge in [0.25, 0.3) is 5.91 Å². The van der Waals surface area contributed by atoms with E-state index in [1.165, 1.54) is 37.9 Å². The molecule has 0 radical (unpaired) electrons. The zero-order chi connectivity index (χ0) is 12.5. The van der Waals surface area contributed by atoms with Gasteiger partial charge in [0, 0.05) is 24.4 Å². The maximum absolute atomic E-state index is 12.9. The first-order valence-electron chi connectivity index (χ1n) is 6.62. The standard InChI is InChI=1S/C14H17FN2O/c15-13-7-11(3-4-16-13)14(18)17-8-12-6-9-1-2-10(12)5-9/h3-4,7,9-10,12H,1-2,5-6,8H2,(H,17,18). The predicted octanol–water partition coefficient (Wildman–Crippen LogP) is 2.39. The molecular formula is C14H17FN2O. The third-order valence-corrected chi connectivity index (χ3v) is 4.40. The van der Waals surface area contributed by atoms with Gasteiger partial charge in [-0.3, -0.25) is 4.79 Å². The smallest absolute Gasteiger partial charge is 0.251 e. The molecule has 2 aliphatic carbocycles. The second-order valence-electron chi connectivity index (χ2n) is 5.51. The van der Waals surface area contributed by atoms with Gasteiger partial charge in [-0.25, -0.2) is 4.98 Å². The summed E-state index contributed by atoms with van der Waals surface area (Å²) in [7, 11) is 0. The minimum Gasteiger partial charge on any atom is -0.352 e. The number of nitrogens with one attached hydrogen (secondary N) is 1. The Morgan fingerprint density at radius 3 is 3.00 bits per heavy atom. The molecule has 1 heterocycles. The van der Waals surface area contributed by atoms with Crippen molar-refractivity contribution in [1.82, 2.24) is 10.3 Å². The lowest BCUT2D eigenvalue weighted by atomic mass is 9.89. The van der Waals surface area contributed by atoms with Gasteiger partial charge in [-0.15, -0.1) is 0 Å². The van der Waals surface area contributed by atoms with Gasteiger partial charge in [-0.2, -0.15) is 4.39 Å². The van der Waals surface area contributed by atoms with Crippen LogP contribution in [-0.4, -0.2) is 17.4 Å². The fraction of sp³-hybridized carbons (Fsp3) is 0.571. The lowest BCUT2D eigenvalue weighted by Crippen LogP contribution is -2.31. The Hall–Kier alpha value is -1.45. The van der Waals surface area contributed by atoms with Crippen LogP contribution in [0.1, 0.15) is 36.0 Å². The second-order valence-corrected chi connectivity index (χ2v) is 5.51. The Morgan fingerprint density at radius 1 is 1.44 bits per heavy atom. The van der Waals surface area contributed by atoms with Gasteiger partial charge < -0.3 is 5.32 Å². The summed E-state index contributed by atoms with van der Waals surface area (Å²) < 4.78 is 12.9. The van der Waals surface area contributed by atoms with Crippen LogP contribution in [0.2, 0.25) is 0 Å². The number of hydrogen-bond acceptors (Lipinski definition) is 2. The number of nitrogens with zero attached hydrogens (tertiary/aromatic N) is 1. The molecule has 2 bridgehead atoms. The summed E-state index contributed by atoms with van der Waals surface area (Å²) in [5.74, 6) is 1.50. The van der Waals surface area contributed by atoms with Crippen LogP contribution in [0, 0.1) is 23.7 Å². The van der Waals surface area contributed by atoms with Crippen molar-refractivity contribution in [2.45, 2.75) is 25.7 Å². The third-order valence-electron chi connectivity index (χ3n) is 4.40. The minimum atomic E-state index is -0.609. The van der Waals surface area contributed by atoms with E-state index in [0.29, 0.717) is 11.5 Å². The highest BCUT2D eigenvalue weighted by molar-refractivity contribution is 5.93. The highest BCUT2D eigenvalue weighted by atomic mass is 19.1. The van der Waals surface area contributed by atoms with Crippen LogP contribution >= 0.6 is 0 Å². The van der Waals surface area contributed by atoms with E-state index in [9.17, 15) is 9.18 Å². The topological polar surface area (TPSA) is 42.0 Å². The Balaban J connectivity index is 1.56. The Labute approximate surface area is 106 Å². The number of carbonyl (C=O) groups excluding carboxylic acids is 1. The van der Waals surface area contributed by atoms with Crippen molar-refractivity contribution in [2.75, 3.05) is 6.54 Å². The van der Waals surface area contributed by atoms with E-state index in [1.807, 2.05) is 0 Å². The van der Waals surface area contributed by atoms with Crippen LogP contribution in [0.15, 0.2) is 18.3 Å². The first-order valence-corrected chi connectivity index (χ1v) is 6.62. The molecule has 18 heavy (non-hydrogen) atoms. The Morgan fingerprint density at radius 2 is 2.33 bits per heavy atom. The fourth-order valence-corrected chi connectivity index (χ4v) is 3.50. The summed E-state index contributed by atoms with van der Waals surface area (Å²) in [5, 5.41) is 2.92. The Kier molecular flexibility index (Phi) is 3.02. The van der Waals surface area contributed by atoms with Crippen LogP contribution < -0.4 is 5.32 Å². The number of amides is 1. The molecule has 1 amide bonds. The molecule has 3 nitrogen and oxygen atoms in total. The van der Waals surface area contributed by atoms with Crippen molar-refractivity contribution in [2.24, 2.45) is 17.8 Å². The normalized spacial score (nSPS) is 29.5. The van der Waals surface area contributed by atoms with Crippen molar-refractivity contribution >= 4 is 5.91 Å². The van der Waals surface area contributed by atoms with Crippen LogP contribution in [0.4, 0.5) is 4.39 Å². The summed E-state index contributed by atoms with van der Waals surface area (Å²) in [5.41, 5.74) is 0.352. The lowest BCUT2D eigenvalue weighted by molar-refractivity contribution is 0.0941. The van der Waals surface area contributed by atoms with E-state index >= 15 is 0 Å². The molecule has 96 valence electrons. The lowest BCUT2D eigenvalue weighted by Gasteiger charge is -2.21. The van der Waals surface area contributed by atoms with E-state index in [2.05, 4.69) is 10.3 Å². The predicted molar refractivity (Wildman–Crippen MR) is 65.5 cm³/mol. The third kappa shape index (κ3) is 2.24. The van der Waals surface area contributed by atoms with Gasteiger partial charge in [-0.05, 0) is 43.1 Å². The summed E-state index contributed by atoms with van der Waals surface area (Å²) in [4.78, 5) is 15.3. The van der Waals surface area contributed by atoms with Crippen molar-refractivity contribution in [1.29, 1.82) is 0 Å². The largest absolute Gasteiger partial charge is 0.352 e. The van der Waals surface area contributed by atoms with E-state index in [1.54, 1.807) is 6.07 Å². The highest BCUT2D eigenvalue weighted by Gasteiger charge is 2.39. The molecule has 0 aliphatic heterocycles. The number of aromatic nitrogens is 1. The molecule has 4 heteroatoms. The SMILES string of the molecule is O=C(NCC1CC2CCC1C2)c1ccnc(F)c1. The molecule has 3 atom stereocenters. The van der Waals surface area contributed by atoms with Gasteiger partial charge in [0.2, 0.25) is 5.95 Å². The molecule has 0 saturated heterocycles. The number of hydrogen-bond donors (Lipinski definition) is 1. The van der Waals surface area contributed by atoms with Crippen LogP contribution in [0.25, 0.3) is 0 Å². The Bertz CT molecular complexity index is 463. The molecule has 1 N–H and O–H groups in total. The molecule has 2 saturated carbocycles. The number of pyridine rings is 1. The fourth-order valence-electron chi connectivity index (χ4n) is 3.50. The van der Waals surface area contributed by atoms with Crippen molar-refractivity contribution in [3.05, 3.63) is 29.8 Å². The summed E-state index contributed by atoms with van der Waals surface area (Å²) in [6.07, 6.45) is 6.58. The first-order chi connectivity index (χ1) is 8.72. The number of rotatable bonds is 3. The molecule has 3 unspecified atom stereocenters. The molecule has 3 rings (SSSR count). The maximum Gasteiger partial charge on any atom is 0.251 e. The van der Waals surface area contributed by atoms with E-state index < -0.39 is 5.95 Å². The zero-order valence-electron chi connectivity index (χ0n) is 10.2. The maximum atomic E-state index is 12.9. The quantitative estimate of drug-likeness (QED) is 0.834. The summed E-state index contributed by atoms with van der Waals surface area (Å²) >= 11 is 0. The summed E-state index contributed by atoms with van der Waals surface area (Å²) in [6, 6.07) is 2.72. The number of carbonyl (C=O) groups is 1. The van der Waals surface area contributed by atoms with Crippen molar-refractivity contribution < 1.29 is 9.18 Å². The monoisotopic (exact) mass is 248 g/mol. The van der Waals surface area contributed by atoms with Gasteiger partial charge in [0.1, 0.15) is 0 Å². The van der Waals surface area contributed by atoms with E-state index in [0.717, 1.165) is 18.4 Å². The zero-order valence-corrected chi connectivity index (χ0v) is 10.2.